The van der Waals surface area contributed by atoms with E-state index in [1.807, 2.05) is 12.1 Å². The molecule has 0 aliphatic carbocycles. The SMILES string of the molecule is CCS(=O)(=O)c1ccc([C@H](CO)NC(=O)c2ccc(N3CCC(Cc4ccc(C(F)(F)F)cc4)C3)cc2)cc1. The maximum Gasteiger partial charge on any atom is 0.416 e. The number of amides is 1. The van der Waals surface area contributed by atoms with Crippen molar-refractivity contribution < 1.29 is 31.5 Å². The van der Waals surface area contributed by atoms with Crippen LogP contribution in [0, 0.1) is 5.92 Å². The maximum atomic E-state index is 12.8. The predicted molar refractivity (Wildman–Crippen MR) is 143 cm³/mol. The maximum absolute atomic E-state index is 12.8. The van der Waals surface area contributed by atoms with E-state index in [1.165, 1.54) is 12.1 Å². The van der Waals surface area contributed by atoms with E-state index in [0.717, 1.165) is 42.9 Å². The molecule has 1 saturated heterocycles. The van der Waals surface area contributed by atoms with Crippen molar-refractivity contribution in [1.82, 2.24) is 5.32 Å². The summed E-state index contributed by atoms with van der Waals surface area (Å²) in [5.74, 6) is -0.0686. The number of nitrogens with zero attached hydrogens (tertiary/aromatic N) is 1. The number of sulfone groups is 1. The Bertz CT molecular complexity index is 1370. The van der Waals surface area contributed by atoms with Crippen LogP contribution in [0.4, 0.5) is 18.9 Å². The third-order valence-electron chi connectivity index (χ3n) is 7.10. The van der Waals surface area contributed by atoms with E-state index in [4.69, 9.17) is 0 Å². The lowest BCUT2D eigenvalue weighted by Crippen LogP contribution is -2.30. The van der Waals surface area contributed by atoms with Crippen molar-refractivity contribution in [2.75, 3.05) is 30.3 Å². The molecule has 1 fully saturated rings. The molecule has 4 rings (SSSR count). The number of aliphatic hydroxyl groups excluding tert-OH is 1. The summed E-state index contributed by atoms with van der Waals surface area (Å²) in [6.45, 7) is 2.80. The van der Waals surface area contributed by atoms with E-state index in [9.17, 15) is 31.5 Å². The molecule has 0 radical (unpaired) electrons. The van der Waals surface area contributed by atoms with Gasteiger partial charge in [-0.1, -0.05) is 31.2 Å². The lowest BCUT2D eigenvalue weighted by Gasteiger charge is -2.20. The second-order valence-electron chi connectivity index (χ2n) is 9.73. The molecule has 1 unspecified atom stereocenters. The van der Waals surface area contributed by atoms with Crippen molar-refractivity contribution in [2.45, 2.75) is 36.9 Å². The molecule has 10 heteroatoms. The van der Waals surface area contributed by atoms with Crippen LogP contribution in [0.5, 0.6) is 0 Å². The van der Waals surface area contributed by atoms with Crippen LogP contribution in [0.1, 0.15) is 46.4 Å². The molecule has 1 heterocycles. The Morgan fingerprint density at radius 3 is 2.23 bits per heavy atom. The molecule has 3 aromatic rings. The van der Waals surface area contributed by atoms with Gasteiger partial charge in [0.25, 0.3) is 5.91 Å². The van der Waals surface area contributed by atoms with Gasteiger partial charge in [0.05, 0.1) is 28.9 Å². The molecule has 6 nitrogen and oxygen atoms in total. The molecule has 39 heavy (non-hydrogen) atoms. The minimum Gasteiger partial charge on any atom is -0.394 e. The number of hydrogen-bond donors (Lipinski definition) is 2. The third-order valence-corrected chi connectivity index (χ3v) is 8.85. The van der Waals surface area contributed by atoms with Gasteiger partial charge in [-0.3, -0.25) is 4.79 Å². The van der Waals surface area contributed by atoms with Gasteiger partial charge in [-0.25, -0.2) is 8.42 Å². The fraction of sp³-hybridized carbons (Fsp3) is 0.345. The van der Waals surface area contributed by atoms with Crippen LogP contribution in [-0.4, -0.2) is 44.9 Å². The zero-order valence-electron chi connectivity index (χ0n) is 21.5. The smallest absolute Gasteiger partial charge is 0.394 e. The van der Waals surface area contributed by atoms with Crippen LogP contribution in [0.25, 0.3) is 0 Å². The minimum absolute atomic E-state index is 0.0141. The van der Waals surface area contributed by atoms with Gasteiger partial charge in [0.15, 0.2) is 9.84 Å². The zero-order chi connectivity index (χ0) is 28.2. The summed E-state index contributed by atoms with van der Waals surface area (Å²) in [6, 6.07) is 17.9. The topological polar surface area (TPSA) is 86.7 Å². The highest BCUT2D eigenvalue weighted by Gasteiger charge is 2.30. The summed E-state index contributed by atoms with van der Waals surface area (Å²) >= 11 is 0. The van der Waals surface area contributed by atoms with Crippen molar-refractivity contribution in [3.8, 4) is 0 Å². The van der Waals surface area contributed by atoms with Gasteiger partial charge < -0.3 is 15.3 Å². The average Bonchev–Trinajstić information content (AvgIpc) is 3.40. The lowest BCUT2D eigenvalue weighted by atomic mass is 9.98. The summed E-state index contributed by atoms with van der Waals surface area (Å²) in [5, 5.41) is 12.6. The number of halogens is 3. The summed E-state index contributed by atoms with van der Waals surface area (Å²) in [4.78, 5) is 15.2. The van der Waals surface area contributed by atoms with Gasteiger partial charge in [-0.15, -0.1) is 0 Å². The molecule has 2 atom stereocenters. The highest BCUT2D eigenvalue weighted by atomic mass is 32.2. The molecular formula is C29H31F3N2O4S. The van der Waals surface area contributed by atoms with Gasteiger partial charge >= 0.3 is 6.18 Å². The number of rotatable bonds is 9. The van der Waals surface area contributed by atoms with Crippen LogP contribution in [0.3, 0.4) is 0 Å². The number of anilines is 1. The molecule has 208 valence electrons. The Morgan fingerprint density at radius 2 is 1.67 bits per heavy atom. The molecule has 3 aromatic carbocycles. The van der Waals surface area contributed by atoms with Crippen LogP contribution in [0.2, 0.25) is 0 Å². The molecule has 0 bridgehead atoms. The van der Waals surface area contributed by atoms with Crippen molar-refractivity contribution in [1.29, 1.82) is 0 Å². The molecule has 2 N–H and O–H groups in total. The second kappa shape index (κ2) is 11.8. The fourth-order valence-electron chi connectivity index (χ4n) is 4.77. The van der Waals surface area contributed by atoms with E-state index >= 15 is 0 Å². The molecule has 0 aromatic heterocycles. The lowest BCUT2D eigenvalue weighted by molar-refractivity contribution is -0.137. The third kappa shape index (κ3) is 6.99. The number of alkyl halides is 3. The number of aliphatic hydroxyl groups is 1. The highest BCUT2D eigenvalue weighted by molar-refractivity contribution is 7.91. The molecular weight excluding hydrogens is 529 g/mol. The van der Waals surface area contributed by atoms with Crippen LogP contribution in [-0.2, 0) is 22.4 Å². The van der Waals surface area contributed by atoms with Gasteiger partial charge in [-0.2, -0.15) is 13.2 Å². The molecule has 1 aliphatic heterocycles. The van der Waals surface area contributed by atoms with Gasteiger partial charge in [0, 0.05) is 24.3 Å². The molecule has 1 amide bonds. The quantitative estimate of drug-likeness (QED) is 0.383. The number of nitrogens with one attached hydrogen (secondary N) is 1. The van der Waals surface area contributed by atoms with Crippen molar-refractivity contribution in [2.24, 2.45) is 5.92 Å². The Labute approximate surface area is 226 Å². The number of carbonyl (C=O) groups is 1. The second-order valence-corrected chi connectivity index (χ2v) is 12.0. The van der Waals surface area contributed by atoms with Crippen LogP contribution < -0.4 is 10.2 Å². The van der Waals surface area contributed by atoms with Crippen LogP contribution in [0.15, 0.2) is 77.7 Å². The van der Waals surface area contributed by atoms with Gasteiger partial charge in [-0.05, 0) is 78.4 Å². The van der Waals surface area contributed by atoms with Crippen molar-refractivity contribution >= 4 is 21.4 Å². The van der Waals surface area contributed by atoms with E-state index in [-0.39, 0.29) is 23.2 Å². The standard InChI is InChI=1S/C29H31F3N2O4S/c1-2-39(37,38)26-13-7-22(8-14-26)27(19-35)33-28(36)23-5-11-25(12-6-23)34-16-15-21(18-34)17-20-3-9-24(10-4-20)29(30,31)32/h3-14,21,27,35H,2,15-19H2,1H3,(H,33,36)/t21?,27-/m0/s1. The summed E-state index contributed by atoms with van der Waals surface area (Å²) in [6.07, 6.45) is -2.72. The minimum atomic E-state index is -4.34. The van der Waals surface area contributed by atoms with Gasteiger partial charge in [0.1, 0.15) is 0 Å². The molecule has 0 spiro atoms. The summed E-state index contributed by atoms with van der Waals surface area (Å²) in [7, 11) is -3.34. The number of carbonyl (C=O) groups excluding carboxylic acids is 1. The summed E-state index contributed by atoms with van der Waals surface area (Å²) < 4.78 is 62.4. The normalized spacial score (nSPS) is 16.7. The first-order chi connectivity index (χ1) is 18.5. The zero-order valence-corrected chi connectivity index (χ0v) is 22.3. The first-order valence-electron chi connectivity index (χ1n) is 12.8. The average molecular weight is 561 g/mol. The Balaban J connectivity index is 1.34. The van der Waals surface area contributed by atoms with Gasteiger partial charge in [0.2, 0.25) is 0 Å². The molecule has 0 saturated carbocycles. The Morgan fingerprint density at radius 1 is 1.03 bits per heavy atom. The van der Waals surface area contributed by atoms with E-state index in [2.05, 4.69) is 10.2 Å². The first-order valence-corrected chi connectivity index (χ1v) is 14.4. The Kier molecular flexibility index (Phi) is 8.66. The largest absolute Gasteiger partial charge is 0.416 e. The van der Waals surface area contributed by atoms with E-state index in [1.54, 1.807) is 43.3 Å². The monoisotopic (exact) mass is 560 g/mol. The number of benzene rings is 3. The summed E-state index contributed by atoms with van der Waals surface area (Å²) in [5.41, 5.74) is 2.19. The first kappa shape index (κ1) is 28.6. The fourth-order valence-corrected chi connectivity index (χ4v) is 5.65. The predicted octanol–water partition coefficient (Wildman–Crippen LogP) is 5.03. The highest BCUT2D eigenvalue weighted by Crippen LogP contribution is 2.31. The molecule has 1 aliphatic rings. The van der Waals surface area contributed by atoms with E-state index < -0.39 is 27.6 Å². The van der Waals surface area contributed by atoms with Crippen molar-refractivity contribution in [3.63, 3.8) is 0 Å². The van der Waals surface area contributed by atoms with Crippen LogP contribution >= 0.6 is 0 Å². The Hall–Kier alpha value is -3.37. The number of hydrogen-bond acceptors (Lipinski definition) is 5. The van der Waals surface area contributed by atoms with Crippen molar-refractivity contribution in [3.05, 3.63) is 95.1 Å². The van der Waals surface area contributed by atoms with E-state index in [0.29, 0.717) is 23.5 Å².